The molecular formula is C6H2ClIN2OS. The molecule has 2 aromatic heterocycles. The first-order valence-corrected chi connectivity index (χ1v) is 5.28. The van der Waals surface area contributed by atoms with E-state index in [4.69, 9.17) is 16.0 Å². The van der Waals surface area contributed by atoms with Crippen LogP contribution in [-0.2, 0) is 0 Å². The minimum atomic E-state index is 0.524. The number of rotatable bonds is 1. The van der Waals surface area contributed by atoms with Gasteiger partial charge in [-0.3, -0.25) is 0 Å². The molecule has 2 heterocycles. The summed E-state index contributed by atoms with van der Waals surface area (Å²) in [6.07, 6.45) is 0. The molecule has 3 nitrogen and oxygen atoms in total. The van der Waals surface area contributed by atoms with Crippen LogP contribution < -0.4 is 0 Å². The molecule has 0 aliphatic carbocycles. The van der Waals surface area contributed by atoms with Gasteiger partial charge in [-0.1, -0.05) is 11.6 Å². The first-order chi connectivity index (χ1) is 5.75. The predicted octanol–water partition coefficient (Wildman–Crippen LogP) is 3.06. The van der Waals surface area contributed by atoms with E-state index in [1.807, 2.05) is 28.7 Å². The predicted molar refractivity (Wildman–Crippen MR) is 55.3 cm³/mol. The molecule has 0 aliphatic heterocycles. The third-order valence-corrected chi connectivity index (χ3v) is 2.84. The zero-order valence-corrected chi connectivity index (χ0v) is 9.35. The lowest BCUT2D eigenvalue weighted by Crippen LogP contribution is -1.70. The number of thiophene rings is 1. The van der Waals surface area contributed by atoms with Gasteiger partial charge in [0.15, 0.2) is 0 Å². The fourth-order valence-electron chi connectivity index (χ4n) is 0.734. The summed E-state index contributed by atoms with van der Waals surface area (Å²) in [6.45, 7) is 0. The molecule has 0 unspecified atom stereocenters. The van der Waals surface area contributed by atoms with Crippen molar-refractivity contribution in [3.8, 4) is 10.8 Å². The van der Waals surface area contributed by atoms with Gasteiger partial charge in [-0.05, 0) is 12.1 Å². The summed E-state index contributed by atoms with van der Waals surface area (Å²) >= 11 is 9.13. The van der Waals surface area contributed by atoms with Gasteiger partial charge in [0.25, 0.3) is 9.79 Å². The van der Waals surface area contributed by atoms with Gasteiger partial charge in [0.2, 0.25) is 0 Å². The quantitative estimate of drug-likeness (QED) is 0.760. The van der Waals surface area contributed by atoms with Crippen LogP contribution in [0.15, 0.2) is 16.5 Å². The van der Waals surface area contributed by atoms with Gasteiger partial charge in [-0.25, -0.2) is 0 Å². The monoisotopic (exact) mass is 312 g/mol. The number of hydrogen-bond donors (Lipinski definition) is 0. The third-order valence-electron chi connectivity index (χ3n) is 1.18. The molecule has 0 saturated carbocycles. The molecule has 2 rings (SSSR count). The van der Waals surface area contributed by atoms with Gasteiger partial charge in [0.05, 0.1) is 9.21 Å². The number of hydrogen-bond acceptors (Lipinski definition) is 4. The average Bonchev–Trinajstić information content (AvgIpc) is 2.58. The van der Waals surface area contributed by atoms with Crippen molar-refractivity contribution in [3.63, 3.8) is 0 Å². The van der Waals surface area contributed by atoms with Crippen molar-refractivity contribution in [2.45, 2.75) is 0 Å². The van der Waals surface area contributed by atoms with Gasteiger partial charge in [0.1, 0.15) is 0 Å². The number of halogens is 2. The van der Waals surface area contributed by atoms with E-state index >= 15 is 0 Å². The van der Waals surface area contributed by atoms with Crippen LogP contribution in [0.2, 0.25) is 4.34 Å². The first kappa shape index (κ1) is 8.46. The molecule has 6 heteroatoms. The second-order valence-corrected chi connectivity index (χ2v) is 4.60. The van der Waals surface area contributed by atoms with E-state index in [9.17, 15) is 0 Å². The van der Waals surface area contributed by atoms with E-state index in [-0.39, 0.29) is 0 Å². The van der Waals surface area contributed by atoms with E-state index in [0.29, 0.717) is 9.79 Å². The summed E-state index contributed by atoms with van der Waals surface area (Å²) in [7, 11) is 0. The zero-order valence-electron chi connectivity index (χ0n) is 5.62. The van der Waals surface area contributed by atoms with Crippen molar-refractivity contribution >= 4 is 45.5 Å². The Hall–Kier alpha value is -0.140. The molecule has 2 aromatic rings. The van der Waals surface area contributed by atoms with Gasteiger partial charge in [-0.2, -0.15) is 0 Å². The largest absolute Gasteiger partial charge is 0.411 e. The van der Waals surface area contributed by atoms with Crippen molar-refractivity contribution in [1.82, 2.24) is 10.2 Å². The van der Waals surface area contributed by atoms with E-state index < -0.39 is 0 Å². The Balaban J connectivity index is 2.43. The Kier molecular flexibility index (Phi) is 2.33. The molecule has 0 bridgehead atoms. The first-order valence-electron chi connectivity index (χ1n) is 3.00. The van der Waals surface area contributed by atoms with E-state index in [1.54, 1.807) is 6.07 Å². The summed E-state index contributed by atoms with van der Waals surface area (Å²) in [4.78, 5) is 0.899. The molecule has 0 aromatic carbocycles. The van der Waals surface area contributed by atoms with Crippen LogP contribution in [0.4, 0.5) is 0 Å². The van der Waals surface area contributed by atoms with Gasteiger partial charge in [-0.15, -0.1) is 21.5 Å². The van der Waals surface area contributed by atoms with Crippen molar-refractivity contribution in [2.75, 3.05) is 0 Å². The third kappa shape index (κ3) is 1.62. The highest BCUT2D eigenvalue weighted by atomic mass is 127. The highest BCUT2D eigenvalue weighted by Crippen LogP contribution is 2.29. The highest BCUT2D eigenvalue weighted by Gasteiger charge is 2.08. The number of nitrogens with zero attached hydrogens (tertiary/aromatic N) is 2. The molecule has 62 valence electrons. The summed E-state index contributed by atoms with van der Waals surface area (Å²) in [5.41, 5.74) is 0. The molecule has 12 heavy (non-hydrogen) atoms. The van der Waals surface area contributed by atoms with Crippen molar-refractivity contribution in [2.24, 2.45) is 0 Å². The second-order valence-electron chi connectivity index (χ2n) is 1.96. The second kappa shape index (κ2) is 3.31. The Morgan fingerprint density at radius 2 is 2.25 bits per heavy atom. The van der Waals surface area contributed by atoms with Gasteiger partial charge < -0.3 is 4.42 Å². The summed E-state index contributed by atoms with van der Waals surface area (Å²) in [5, 5.41) is 7.56. The molecule has 0 amide bonds. The van der Waals surface area contributed by atoms with Gasteiger partial charge >= 0.3 is 0 Å². The molecule has 0 aliphatic rings. The number of aromatic nitrogens is 2. The van der Waals surface area contributed by atoms with Crippen LogP contribution in [0.3, 0.4) is 0 Å². The Labute approximate surface area is 90.9 Å². The van der Waals surface area contributed by atoms with Crippen LogP contribution in [0.25, 0.3) is 10.8 Å². The molecule has 0 fully saturated rings. The minimum Gasteiger partial charge on any atom is -0.411 e. The molecule has 0 atom stereocenters. The molecule has 0 saturated heterocycles. The SMILES string of the molecule is Clc1ccc(-c2nnc(I)o2)s1. The Morgan fingerprint density at radius 3 is 2.75 bits per heavy atom. The lowest BCUT2D eigenvalue weighted by molar-refractivity contribution is 0.538. The van der Waals surface area contributed by atoms with E-state index in [1.165, 1.54) is 11.3 Å². The maximum atomic E-state index is 5.74. The molecule has 0 N–H and O–H groups in total. The van der Waals surface area contributed by atoms with Crippen molar-refractivity contribution in [3.05, 3.63) is 20.4 Å². The highest BCUT2D eigenvalue weighted by molar-refractivity contribution is 14.1. The van der Waals surface area contributed by atoms with Crippen LogP contribution in [0, 0.1) is 3.90 Å². The maximum absolute atomic E-state index is 5.74. The zero-order chi connectivity index (χ0) is 8.55. The normalized spacial score (nSPS) is 10.5. The smallest absolute Gasteiger partial charge is 0.278 e. The fraction of sp³-hybridized carbons (Fsp3) is 0. The van der Waals surface area contributed by atoms with E-state index in [2.05, 4.69) is 10.2 Å². The Bertz CT molecular complexity index is 361. The standard InChI is InChI=1S/C6H2ClIN2OS/c7-4-2-1-3(12-4)5-9-10-6(8)11-5/h1-2H. The van der Waals surface area contributed by atoms with E-state index in [0.717, 1.165) is 9.21 Å². The molecular weight excluding hydrogens is 311 g/mol. The summed E-state index contributed by atoms with van der Waals surface area (Å²) in [5.74, 6) is 0.524. The maximum Gasteiger partial charge on any atom is 0.278 e. The van der Waals surface area contributed by atoms with Crippen LogP contribution in [-0.4, -0.2) is 10.2 Å². The summed E-state index contributed by atoms with van der Waals surface area (Å²) in [6, 6.07) is 3.66. The van der Waals surface area contributed by atoms with Crippen LogP contribution >= 0.6 is 45.5 Å². The minimum absolute atomic E-state index is 0.524. The van der Waals surface area contributed by atoms with Gasteiger partial charge in [0, 0.05) is 22.6 Å². The molecule has 0 spiro atoms. The fourth-order valence-corrected chi connectivity index (χ4v) is 2.01. The average molecular weight is 313 g/mol. The lowest BCUT2D eigenvalue weighted by atomic mass is 10.5. The van der Waals surface area contributed by atoms with Crippen LogP contribution in [0.1, 0.15) is 0 Å². The molecule has 0 radical (unpaired) electrons. The van der Waals surface area contributed by atoms with Crippen molar-refractivity contribution < 1.29 is 4.42 Å². The topological polar surface area (TPSA) is 38.9 Å². The van der Waals surface area contributed by atoms with Crippen LogP contribution in [0.5, 0.6) is 0 Å². The van der Waals surface area contributed by atoms with Crippen molar-refractivity contribution in [1.29, 1.82) is 0 Å². The lowest BCUT2D eigenvalue weighted by Gasteiger charge is -1.82. The summed E-state index contributed by atoms with van der Waals surface area (Å²) < 4.78 is 6.45. The Morgan fingerprint density at radius 1 is 1.42 bits per heavy atom.